The lowest BCUT2D eigenvalue weighted by Gasteiger charge is -2.18. The summed E-state index contributed by atoms with van der Waals surface area (Å²) in [7, 11) is 3.25. The molecule has 0 bridgehead atoms. The maximum atomic E-state index is 12.2. The van der Waals surface area contributed by atoms with Crippen molar-refractivity contribution in [3.8, 4) is 5.75 Å². The SMILES string of the molecule is COc1ccc(C(CC(=O)OCC(=O)Nc2cc(C)nn2C)NC(C)=O)cc1. The summed E-state index contributed by atoms with van der Waals surface area (Å²) < 4.78 is 11.7. The van der Waals surface area contributed by atoms with E-state index >= 15 is 0 Å². The van der Waals surface area contributed by atoms with Crippen LogP contribution in [0.2, 0.25) is 0 Å². The summed E-state index contributed by atoms with van der Waals surface area (Å²) >= 11 is 0. The molecule has 0 spiro atoms. The largest absolute Gasteiger partial charge is 0.497 e. The number of esters is 1. The van der Waals surface area contributed by atoms with Crippen LogP contribution in [0.1, 0.15) is 30.6 Å². The van der Waals surface area contributed by atoms with Crippen LogP contribution >= 0.6 is 0 Å². The molecule has 1 atom stereocenters. The van der Waals surface area contributed by atoms with Gasteiger partial charge in [-0.3, -0.25) is 19.1 Å². The van der Waals surface area contributed by atoms with Crippen LogP contribution in [0, 0.1) is 6.92 Å². The van der Waals surface area contributed by atoms with Crippen molar-refractivity contribution in [2.24, 2.45) is 7.05 Å². The number of carbonyl (C=O) groups is 3. The second-order valence-corrected chi connectivity index (χ2v) is 6.23. The van der Waals surface area contributed by atoms with Gasteiger partial charge in [-0.15, -0.1) is 0 Å². The molecule has 1 unspecified atom stereocenters. The predicted molar refractivity (Wildman–Crippen MR) is 102 cm³/mol. The van der Waals surface area contributed by atoms with Gasteiger partial charge >= 0.3 is 5.97 Å². The first kappa shape index (κ1) is 20.9. The Morgan fingerprint density at radius 2 is 1.89 bits per heavy atom. The lowest BCUT2D eigenvalue weighted by atomic mass is 10.0. The number of methoxy groups -OCH3 is 1. The summed E-state index contributed by atoms with van der Waals surface area (Å²) in [6.07, 6.45) is -0.107. The van der Waals surface area contributed by atoms with Crippen molar-refractivity contribution >= 4 is 23.6 Å². The van der Waals surface area contributed by atoms with Crippen LogP contribution in [-0.4, -0.2) is 41.3 Å². The van der Waals surface area contributed by atoms with Crippen LogP contribution < -0.4 is 15.4 Å². The number of aromatic nitrogens is 2. The molecule has 150 valence electrons. The Labute approximate surface area is 163 Å². The smallest absolute Gasteiger partial charge is 0.308 e. The molecule has 1 aromatic heterocycles. The number of nitrogens with one attached hydrogen (secondary N) is 2. The van der Waals surface area contributed by atoms with Gasteiger partial charge in [0.2, 0.25) is 5.91 Å². The molecule has 2 aromatic rings. The van der Waals surface area contributed by atoms with E-state index in [0.29, 0.717) is 11.6 Å². The number of anilines is 1. The minimum atomic E-state index is -0.606. The quantitative estimate of drug-likeness (QED) is 0.663. The molecule has 2 N–H and O–H groups in total. The van der Waals surface area contributed by atoms with Crippen molar-refractivity contribution in [3.63, 3.8) is 0 Å². The molecule has 1 aromatic carbocycles. The van der Waals surface area contributed by atoms with Crippen molar-refractivity contribution in [2.75, 3.05) is 19.0 Å². The molecule has 0 radical (unpaired) electrons. The molecular formula is C19H24N4O5. The lowest BCUT2D eigenvalue weighted by Crippen LogP contribution is -2.29. The van der Waals surface area contributed by atoms with Gasteiger partial charge in [0.05, 0.1) is 25.3 Å². The molecular weight excluding hydrogens is 364 g/mol. The molecule has 0 aliphatic heterocycles. The number of benzene rings is 1. The van der Waals surface area contributed by atoms with Gasteiger partial charge in [0.15, 0.2) is 6.61 Å². The number of hydrogen-bond acceptors (Lipinski definition) is 6. The topological polar surface area (TPSA) is 112 Å². The van der Waals surface area contributed by atoms with E-state index in [4.69, 9.17) is 9.47 Å². The highest BCUT2D eigenvalue weighted by Gasteiger charge is 2.19. The summed E-state index contributed by atoms with van der Waals surface area (Å²) in [6.45, 7) is 2.74. The number of hydrogen-bond donors (Lipinski definition) is 2. The summed E-state index contributed by atoms with van der Waals surface area (Å²) in [5, 5.41) is 9.44. The van der Waals surface area contributed by atoms with Crippen LogP contribution in [0.25, 0.3) is 0 Å². The van der Waals surface area contributed by atoms with E-state index in [1.54, 1.807) is 51.4 Å². The second-order valence-electron chi connectivity index (χ2n) is 6.23. The third-order valence-electron chi connectivity index (χ3n) is 3.90. The van der Waals surface area contributed by atoms with Crippen molar-refractivity contribution in [1.29, 1.82) is 0 Å². The number of aryl methyl sites for hydroxylation is 2. The van der Waals surface area contributed by atoms with E-state index in [1.165, 1.54) is 11.6 Å². The summed E-state index contributed by atoms with van der Waals surface area (Å²) in [5.74, 6) is -0.191. The predicted octanol–water partition coefficient (Wildman–Crippen LogP) is 1.49. The fourth-order valence-electron chi connectivity index (χ4n) is 2.61. The lowest BCUT2D eigenvalue weighted by molar-refractivity contribution is -0.148. The zero-order chi connectivity index (χ0) is 20.7. The first-order chi connectivity index (χ1) is 13.3. The molecule has 2 amide bonds. The van der Waals surface area contributed by atoms with Gasteiger partial charge < -0.3 is 20.1 Å². The zero-order valence-corrected chi connectivity index (χ0v) is 16.3. The van der Waals surface area contributed by atoms with Crippen LogP contribution in [-0.2, 0) is 26.2 Å². The zero-order valence-electron chi connectivity index (χ0n) is 16.3. The average molecular weight is 388 g/mol. The molecule has 9 heteroatoms. The average Bonchev–Trinajstić information content (AvgIpc) is 2.96. The Bertz CT molecular complexity index is 845. The van der Waals surface area contributed by atoms with Gasteiger partial charge in [-0.2, -0.15) is 5.10 Å². The third-order valence-corrected chi connectivity index (χ3v) is 3.90. The van der Waals surface area contributed by atoms with Gasteiger partial charge in [0, 0.05) is 20.0 Å². The van der Waals surface area contributed by atoms with Crippen molar-refractivity contribution < 1.29 is 23.9 Å². The summed E-state index contributed by atoms with van der Waals surface area (Å²) in [6, 6.07) is 8.11. The fourth-order valence-corrected chi connectivity index (χ4v) is 2.61. The minimum absolute atomic E-state index is 0.107. The fraction of sp³-hybridized carbons (Fsp3) is 0.368. The number of nitrogens with zero attached hydrogens (tertiary/aromatic N) is 2. The highest BCUT2D eigenvalue weighted by molar-refractivity contribution is 5.92. The van der Waals surface area contributed by atoms with Crippen LogP contribution in [0.4, 0.5) is 5.82 Å². The van der Waals surface area contributed by atoms with Gasteiger partial charge in [0.25, 0.3) is 5.91 Å². The molecule has 0 saturated carbocycles. The maximum absolute atomic E-state index is 12.2. The van der Waals surface area contributed by atoms with E-state index in [9.17, 15) is 14.4 Å². The molecule has 0 saturated heterocycles. The van der Waals surface area contributed by atoms with Gasteiger partial charge in [-0.05, 0) is 24.6 Å². The van der Waals surface area contributed by atoms with Gasteiger partial charge in [-0.1, -0.05) is 12.1 Å². The van der Waals surface area contributed by atoms with Gasteiger partial charge in [-0.25, -0.2) is 0 Å². The Morgan fingerprint density at radius 1 is 1.21 bits per heavy atom. The van der Waals surface area contributed by atoms with Crippen molar-refractivity contribution in [2.45, 2.75) is 26.3 Å². The molecule has 0 fully saturated rings. The standard InChI is InChI=1S/C19H24N4O5/c1-12-9-17(23(3)22-12)21-18(25)11-28-19(26)10-16(20-13(2)24)14-5-7-15(27-4)8-6-14/h5-9,16H,10-11H2,1-4H3,(H,20,24)(H,21,25). The first-order valence-electron chi connectivity index (χ1n) is 8.65. The van der Waals surface area contributed by atoms with Crippen LogP contribution in [0.3, 0.4) is 0 Å². The summed E-state index contributed by atoms with van der Waals surface area (Å²) in [5.41, 5.74) is 1.48. The Kier molecular flexibility index (Phi) is 7.14. The van der Waals surface area contributed by atoms with E-state index in [0.717, 1.165) is 11.3 Å². The van der Waals surface area contributed by atoms with Crippen molar-refractivity contribution in [3.05, 3.63) is 41.6 Å². The second kappa shape index (κ2) is 9.54. The molecule has 2 rings (SSSR count). The number of ether oxygens (including phenoxy) is 2. The molecule has 9 nitrogen and oxygen atoms in total. The first-order valence-corrected chi connectivity index (χ1v) is 8.65. The minimum Gasteiger partial charge on any atom is -0.497 e. The monoisotopic (exact) mass is 388 g/mol. The highest BCUT2D eigenvalue weighted by atomic mass is 16.5. The molecule has 1 heterocycles. The highest BCUT2D eigenvalue weighted by Crippen LogP contribution is 2.21. The number of amides is 2. The Hall–Kier alpha value is -3.36. The Morgan fingerprint density at radius 3 is 2.43 bits per heavy atom. The molecule has 0 aliphatic rings. The molecule has 0 aliphatic carbocycles. The van der Waals surface area contributed by atoms with E-state index in [1.807, 2.05) is 0 Å². The van der Waals surface area contributed by atoms with Crippen molar-refractivity contribution in [1.82, 2.24) is 15.1 Å². The van der Waals surface area contributed by atoms with Crippen LogP contribution in [0.15, 0.2) is 30.3 Å². The third kappa shape index (κ3) is 6.11. The Balaban J connectivity index is 1.92. The van der Waals surface area contributed by atoms with Gasteiger partial charge in [0.1, 0.15) is 11.6 Å². The van der Waals surface area contributed by atoms with E-state index < -0.39 is 24.5 Å². The van der Waals surface area contributed by atoms with E-state index in [2.05, 4.69) is 15.7 Å². The number of carbonyl (C=O) groups excluding carboxylic acids is 3. The maximum Gasteiger partial charge on any atom is 0.308 e. The summed E-state index contributed by atoms with van der Waals surface area (Å²) in [4.78, 5) is 35.6. The normalized spacial score (nSPS) is 11.4. The van der Waals surface area contributed by atoms with E-state index in [-0.39, 0.29) is 12.3 Å². The van der Waals surface area contributed by atoms with Crippen LogP contribution in [0.5, 0.6) is 5.75 Å². The molecule has 28 heavy (non-hydrogen) atoms. The number of rotatable bonds is 8.